The molecule has 1 saturated heterocycles. The third-order valence-electron chi connectivity index (χ3n) is 5.43. The molecule has 3 atom stereocenters. The fourth-order valence-electron chi connectivity index (χ4n) is 4.03. The molecule has 1 saturated carbocycles. The molecule has 4 rings (SSSR count). The van der Waals surface area contributed by atoms with Crippen LogP contribution >= 0.6 is 0 Å². The smallest absolute Gasteiger partial charge is 0.317 e. The van der Waals surface area contributed by atoms with Crippen molar-refractivity contribution in [3.63, 3.8) is 0 Å². The summed E-state index contributed by atoms with van der Waals surface area (Å²) in [4.78, 5) is 14.3. The molecule has 2 aliphatic rings. The van der Waals surface area contributed by atoms with Crippen LogP contribution in [0.4, 0.5) is 4.79 Å². The lowest BCUT2D eigenvalue weighted by atomic mass is 10.0. The van der Waals surface area contributed by atoms with Crippen LogP contribution < -0.4 is 5.32 Å². The number of carbonyl (C=O) groups excluding carboxylic acids is 1. The van der Waals surface area contributed by atoms with Gasteiger partial charge in [0.2, 0.25) is 0 Å². The van der Waals surface area contributed by atoms with Gasteiger partial charge in [-0.15, -0.1) is 0 Å². The van der Waals surface area contributed by atoms with E-state index in [4.69, 9.17) is 0 Å². The monoisotopic (exact) mass is 372 g/mol. The molecule has 0 spiro atoms. The highest BCUT2D eigenvalue weighted by atomic mass is 32.2. The number of hydrogen-bond acceptors (Lipinski definition) is 3. The fourth-order valence-corrected chi connectivity index (χ4v) is 5.07. The molecule has 1 aliphatic heterocycles. The lowest BCUT2D eigenvalue weighted by Gasteiger charge is -2.24. The summed E-state index contributed by atoms with van der Waals surface area (Å²) in [5.74, 6) is 0.402. The van der Waals surface area contributed by atoms with Gasteiger partial charge in [-0.05, 0) is 35.6 Å². The number of nitrogens with one attached hydrogen (secondary N) is 1. The van der Waals surface area contributed by atoms with Crippen LogP contribution in [0.5, 0.6) is 0 Å². The molecule has 1 N–H and O–H groups in total. The van der Waals surface area contributed by atoms with Crippen LogP contribution in [0.25, 0.3) is 10.8 Å². The van der Waals surface area contributed by atoms with Crippen molar-refractivity contribution < 1.29 is 13.2 Å². The van der Waals surface area contributed by atoms with Crippen molar-refractivity contribution in [2.45, 2.75) is 37.3 Å². The molecular formula is C20H24N2O3S. The van der Waals surface area contributed by atoms with Crippen LogP contribution in [0.2, 0.25) is 0 Å². The Hall–Kier alpha value is -2.08. The van der Waals surface area contributed by atoms with Gasteiger partial charge < -0.3 is 10.2 Å². The fraction of sp³-hybridized carbons (Fsp3) is 0.450. The van der Waals surface area contributed by atoms with Gasteiger partial charge in [-0.3, -0.25) is 0 Å². The zero-order chi connectivity index (χ0) is 18.3. The van der Waals surface area contributed by atoms with E-state index in [0.29, 0.717) is 12.5 Å². The van der Waals surface area contributed by atoms with E-state index in [9.17, 15) is 13.2 Å². The predicted molar refractivity (Wildman–Crippen MR) is 103 cm³/mol. The SMILES string of the molecule is CS(=O)(=O)C[C@H]1CCCN1C(=O)N[C@@H]1C[C@H]1c1ccc2ccccc2c1. The Balaban J connectivity index is 1.40. The standard InChI is InChI=1S/C20H24N2O3S/c1-26(24,25)13-17-7-4-10-22(17)20(23)21-19-12-18(19)16-9-8-14-5-2-3-6-15(14)11-16/h2-3,5-6,8-9,11,17-19H,4,7,10,12-13H2,1H3,(H,21,23)/t17-,18+,19-/m1/s1. The number of sulfone groups is 1. The number of benzene rings is 2. The van der Waals surface area contributed by atoms with Gasteiger partial charge in [0, 0.05) is 30.8 Å². The van der Waals surface area contributed by atoms with Crippen LogP contribution in [0.15, 0.2) is 42.5 Å². The Morgan fingerprint density at radius 2 is 1.96 bits per heavy atom. The minimum atomic E-state index is -3.08. The quantitative estimate of drug-likeness (QED) is 0.897. The first-order chi connectivity index (χ1) is 12.4. The van der Waals surface area contributed by atoms with Crippen LogP contribution in [0, 0.1) is 0 Å². The Bertz CT molecular complexity index is 941. The van der Waals surface area contributed by atoms with Gasteiger partial charge in [0.05, 0.1) is 5.75 Å². The number of likely N-dealkylation sites (tertiary alicyclic amines) is 1. The molecule has 2 aromatic carbocycles. The highest BCUT2D eigenvalue weighted by Crippen LogP contribution is 2.41. The molecule has 0 aromatic heterocycles. The van der Waals surface area contributed by atoms with E-state index in [0.717, 1.165) is 19.3 Å². The van der Waals surface area contributed by atoms with Crippen molar-refractivity contribution in [2.75, 3.05) is 18.6 Å². The zero-order valence-electron chi connectivity index (χ0n) is 14.9. The lowest BCUT2D eigenvalue weighted by molar-refractivity contribution is 0.196. The maximum atomic E-state index is 12.6. The summed E-state index contributed by atoms with van der Waals surface area (Å²) in [6.45, 7) is 0.638. The molecule has 2 amide bonds. The summed E-state index contributed by atoms with van der Waals surface area (Å²) in [5.41, 5.74) is 1.25. The van der Waals surface area contributed by atoms with Gasteiger partial charge in [-0.25, -0.2) is 13.2 Å². The Morgan fingerprint density at radius 1 is 1.19 bits per heavy atom. The minimum Gasteiger partial charge on any atom is -0.335 e. The average Bonchev–Trinajstić information content (AvgIpc) is 3.20. The van der Waals surface area contributed by atoms with Crippen molar-refractivity contribution in [2.24, 2.45) is 0 Å². The number of urea groups is 1. The number of hydrogen-bond donors (Lipinski definition) is 1. The van der Waals surface area contributed by atoms with Crippen LogP contribution in [0.3, 0.4) is 0 Å². The average molecular weight is 372 g/mol. The maximum absolute atomic E-state index is 12.6. The van der Waals surface area contributed by atoms with E-state index in [-0.39, 0.29) is 23.9 Å². The molecule has 5 nitrogen and oxygen atoms in total. The van der Waals surface area contributed by atoms with E-state index < -0.39 is 9.84 Å². The van der Waals surface area contributed by atoms with Crippen molar-refractivity contribution in [3.05, 3.63) is 48.0 Å². The molecule has 138 valence electrons. The largest absolute Gasteiger partial charge is 0.335 e. The van der Waals surface area contributed by atoms with Gasteiger partial charge in [0.1, 0.15) is 9.84 Å². The first-order valence-corrected chi connectivity index (χ1v) is 11.2. The molecule has 1 heterocycles. The third-order valence-corrected chi connectivity index (χ3v) is 6.42. The normalized spacial score (nSPS) is 25.4. The Labute approximate surface area is 154 Å². The molecule has 6 heteroatoms. The Morgan fingerprint density at radius 3 is 2.73 bits per heavy atom. The topological polar surface area (TPSA) is 66.5 Å². The van der Waals surface area contributed by atoms with E-state index in [1.807, 2.05) is 12.1 Å². The van der Waals surface area contributed by atoms with Crippen LogP contribution in [-0.2, 0) is 9.84 Å². The summed E-state index contributed by atoms with van der Waals surface area (Å²) < 4.78 is 23.2. The molecule has 0 radical (unpaired) electrons. The highest BCUT2D eigenvalue weighted by Gasteiger charge is 2.41. The zero-order valence-corrected chi connectivity index (χ0v) is 15.7. The molecule has 2 fully saturated rings. The first-order valence-electron chi connectivity index (χ1n) is 9.14. The van der Waals surface area contributed by atoms with Gasteiger partial charge in [-0.2, -0.15) is 0 Å². The highest BCUT2D eigenvalue weighted by molar-refractivity contribution is 7.90. The second-order valence-electron chi connectivity index (χ2n) is 7.59. The van der Waals surface area contributed by atoms with Crippen LogP contribution in [-0.4, -0.2) is 50.0 Å². The van der Waals surface area contributed by atoms with E-state index in [2.05, 4.69) is 35.6 Å². The second kappa shape index (κ2) is 6.58. The van der Waals surface area contributed by atoms with E-state index >= 15 is 0 Å². The number of nitrogens with zero attached hydrogens (tertiary/aromatic N) is 1. The van der Waals surface area contributed by atoms with E-state index in [1.54, 1.807) is 4.90 Å². The number of carbonyl (C=O) groups is 1. The molecule has 2 aromatic rings. The number of fused-ring (bicyclic) bond motifs is 1. The molecule has 1 aliphatic carbocycles. The molecule has 0 bridgehead atoms. The van der Waals surface area contributed by atoms with E-state index in [1.165, 1.54) is 22.6 Å². The van der Waals surface area contributed by atoms with Crippen LogP contribution in [0.1, 0.15) is 30.7 Å². The summed E-state index contributed by atoms with van der Waals surface area (Å²) >= 11 is 0. The molecule has 0 unspecified atom stereocenters. The van der Waals surface area contributed by atoms with Gasteiger partial charge >= 0.3 is 6.03 Å². The third kappa shape index (κ3) is 3.70. The predicted octanol–water partition coefficient (Wildman–Crippen LogP) is 2.91. The number of rotatable bonds is 4. The molecular weight excluding hydrogens is 348 g/mol. The van der Waals surface area contributed by atoms with Crippen molar-refractivity contribution in [1.29, 1.82) is 0 Å². The van der Waals surface area contributed by atoms with Crippen molar-refractivity contribution in [3.8, 4) is 0 Å². The summed E-state index contributed by atoms with van der Waals surface area (Å²) in [5, 5.41) is 5.54. The first kappa shape index (κ1) is 17.3. The maximum Gasteiger partial charge on any atom is 0.317 e. The summed E-state index contributed by atoms with van der Waals surface area (Å²) in [6.07, 6.45) is 3.80. The van der Waals surface area contributed by atoms with Crippen molar-refractivity contribution in [1.82, 2.24) is 10.2 Å². The van der Waals surface area contributed by atoms with Gasteiger partial charge in [0.25, 0.3) is 0 Å². The van der Waals surface area contributed by atoms with Gasteiger partial charge in [-0.1, -0.05) is 42.5 Å². The lowest BCUT2D eigenvalue weighted by Crippen LogP contribution is -2.46. The minimum absolute atomic E-state index is 0.0548. The summed E-state index contributed by atoms with van der Waals surface area (Å²) in [7, 11) is -3.08. The Kier molecular flexibility index (Phi) is 4.39. The number of amides is 2. The summed E-state index contributed by atoms with van der Waals surface area (Å²) in [6, 6.07) is 14.6. The second-order valence-corrected chi connectivity index (χ2v) is 9.77. The van der Waals surface area contributed by atoms with Crippen molar-refractivity contribution >= 4 is 26.6 Å². The van der Waals surface area contributed by atoms with Gasteiger partial charge in [0.15, 0.2) is 0 Å². The molecule has 26 heavy (non-hydrogen) atoms.